The number of aryl methyl sites for hydroxylation is 3. The molecule has 1 heterocycles. The summed E-state index contributed by atoms with van der Waals surface area (Å²) in [5.41, 5.74) is 5.18. The summed E-state index contributed by atoms with van der Waals surface area (Å²) < 4.78 is 77.3. The first-order valence-corrected chi connectivity index (χ1v) is 16.5. The standard InChI is InChI=1S/C26H27FNO3S.C7H8O3S/c1-17-4-9-21-14-26(25(31-3)15-24(21)28-16-17)32(29,30)22-10-7-19(8-11-22)12-20-6-5-18(2)23(27)13-20;1-6-2-4-7(5-3-6)11(8,9)10/h5-8,10-11,13-15,28H,4,9,12,16H2,1-3H3;2-5H,1H3,(H,8,9,10)/q+1;/p-1. The largest absolute Gasteiger partial charge is 0.744 e. The maximum absolute atomic E-state index is 13.8. The van der Waals surface area contributed by atoms with E-state index in [4.69, 9.17) is 4.74 Å². The van der Waals surface area contributed by atoms with Crippen molar-refractivity contribution < 1.29 is 30.5 Å². The number of halogens is 1. The molecule has 226 valence electrons. The van der Waals surface area contributed by atoms with Crippen molar-refractivity contribution in [2.75, 3.05) is 19.0 Å². The average Bonchev–Trinajstić information content (AvgIpc) is 3.15. The monoisotopic (exact) mass is 623 g/mol. The van der Waals surface area contributed by atoms with Gasteiger partial charge in [-0.3, -0.25) is 0 Å². The van der Waals surface area contributed by atoms with Gasteiger partial charge in [0.05, 0.1) is 30.2 Å². The second-order valence-corrected chi connectivity index (χ2v) is 13.9. The fraction of sp³-hybridized carbons (Fsp3) is 0.242. The summed E-state index contributed by atoms with van der Waals surface area (Å²) in [6.45, 7) is 6.42. The van der Waals surface area contributed by atoms with E-state index >= 15 is 0 Å². The van der Waals surface area contributed by atoms with Crippen LogP contribution in [0.15, 0.2) is 93.5 Å². The van der Waals surface area contributed by atoms with Gasteiger partial charge >= 0.3 is 0 Å². The lowest BCUT2D eigenvalue weighted by atomic mass is 10.0. The predicted octanol–water partition coefficient (Wildman–Crippen LogP) is 6.42. The molecule has 1 aliphatic heterocycles. The normalized spacial score (nSPS) is 13.2. The Balaban J connectivity index is 0.000000324. The van der Waals surface area contributed by atoms with Gasteiger partial charge in [0.1, 0.15) is 32.5 Å². The lowest BCUT2D eigenvalue weighted by molar-refractivity contribution is 0.402. The van der Waals surface area contributed by atoms with Crippen molar-refractivity contribution in [1.29, 1.82) is 0 Å². The summed E-state index contributed by atoms with van der Waals surface area (Å²) in [7, 11) is -6.55. The summed E-state index contributed by atoms with van der Waals surface area (Å²) >= 11 is 0. The van der Waals surface area contributed by atoms with Gasteiger partial charge in [-0.2, -0.15) is 0 Å². The van der Waals surface area contributed by atoms with Crippen molar-refractivity contribution in [2.24, 2.45) is 0 Å². The van der Waals surface area contributed by atoms with Crippen LogP contribution in [0.3, 0.4) is 0 Å². The second-order valence-electron chi connectivity index (χ2n) is 10.6. The highest BCUT2D eigenvalue weighted by molar-refractivity contribution is 7.91. The third kappa shape index (κ3) is 7.95. The highest BCUT2D eigenvalue weighted by Crippen LogP contribution is 2.36. The summed E-state index contributed by atoms with van der Waals surface area (Å²) in [6.07, 6.45) is 2.23. The fourth-order valence-corrected chi connectivity index (χ4v) is 6.55. The molecule has 0 saturated carbocycles. The van der Waals surface area contributed by atoms with E-state index in [0.29, 0.717) is 17.7 Å². The zero-order valence-electron chi connectivity index (χ0n) is 24.5. The minimum Gasteiger partial charge on any atom is -0.744 e. The van der Waals surface area contributed by atoms with Crippen LogP contribution >= 0.6 is 0 Å². The van der Waals surface area contributed by atoms with Crippen molar-refractivity contribution in [2.45, 2.75) is 54.7 Å². The molecule has 0 aliphatic carbocycles. The van der Waals surface area contributed by atoms with Crippen molar-refractivity contribution >= 4 is 25.6 Å². The molecule has 0 bridgehead atoms. The number of rotatable bonds is 6. The number of fused-ring (bicyclic) bond motifs is 1. The fourth-order valence-electron chi connectivity index (χ4n) is 4.63. The van der Waals surface area contributed by atoms with Gasteiger partial charge in [0.2, 0.25) is 9.84 Å². The minimum atomic E-state index is -4.27. The van der Waals surface area contributed by atoms with Crippen LogP contribution in [0.5, 0.6) is 5.75 Å². The average molecular weight is 624 g/mol. The van der Waals surface area contributed by atoms with Crippen molar-refractivity contribution in [1.82, 2.24) is 0 Å². The van der Waals surface area contributed by atoms with Crippen LogP contribution in [0.25, 0.3) is 0 Å². The Bertz CT molecular complexity index is 1800. The quantitative estimate of drug-likeness (QED) is 0.195. The molecule has 0 unspecified atom stereocenters. The molecule has 1 aliphatic rings. The first-order chi connectivity index (χ1) is 20.3. The van der Waals surface area contributed by atoms with E-state index in [1.165, 1.54) is 31.2 Å². The van der Waals surface area contributed by atoms with Gasteiger partial charge in [-0.05, 0) is 78.9 Å². The van der Waals surface area contributed by atoms with E-state index < -0.39 is 20.0 Å². The Hall–Kier alpha value is -3.86. The molecule has 0 aromatic heterocycles. The molecule has 0 atom stereocenters. The smallest absolute Gasteiger partial charge is 0.210 e. The third-order valence-electron chi connectivity index (χ3n) is 7.27. The van der Waals surface area contributed by atoms with E-state index in [1.807, 2.05) is 13.0 Å². The summed E-state index contributed by atoms with van der Waals surface area (Å²) in [5.74, 6) is 1.42. The number of nitrogens with one attached hydrogen (secondary N) is 1. The topological polar surface area (TPSA) is 113 Å². The molecule has 0 spiro atoms. The SMILES string of the molecule is COc1cc2c(cc1S(=O)(=O)c1ccc(Cc3ccc(C)c(F)c3)cc1)CC[C+](C)CN2.Cc1ccc(S(=O)(=O)[O-])cc1. The van der Waals surface area contributed by atoms with Gasteiger partial charge in [-0.15, -0.1) is 0 Å². The molecule has 5 rings (SSSR count). The number of sulfone groups is 1. The first-order valence-electron chi connectivity index (χ1n) is 13.7. The zero-order chi connectivity index (χ0) is 31.4. The van der Waals surface area contributed by atoms with E-state index in [1.54, 1.807) is 61.5 Å². The lowest BCUT2D eigenvalue weighted by Gasteiger charge is -2.15. The highest BCUT2D eigenvalue weighted by atomic mass is 32.2. The number of anilines is 1. The molecule has 43 heavy (non-hydrogen) atoms. The molecular formula is C33H34FNO6S2. The van der Waals surface area contributed by atoms with Crippen LogP contribution in [0.4, 0.5) is 10.1 Å². The maximum Gasteiger partial charge on any atom is 0.210 e. The van der Waals surface area contributed by atoms with Crippen LogP contribution in [0, 0.1) is 25.6 Å². The van der Waals surface area contributed by atoms with E-state index in [0.717, 1.165) is 47.3 Å². The molecule has 7 nitrogen and oxygen atoms in total. The number of hydrogen-bond donors (Lipinski definition) is 1. The van der Waals surface area contributed by atoms with Gasteiger partial charge in [0, 0.05) is 18.2 Å². The Labute approximate surface area is 253 Å². The molecule has 0 saturated heterocycles. The Kier molecular flexibility index (Phi) is 9.84. The Morgan fingerprint density at radius 1 is 0.884 bits per heavy atom. The van der Waals surface area contributed by atoms with Crippen LogP contribution in [0.2, 0.25) is 0 Å². The minimum absolute atomic E-state index is 0.174. The van der Waals surface area contributed by atoms with Gasteiger partial charge in [0.15, 0.2) is 6.54 Å². The van der Waals surface area contributed by atoms with E-state index in [9.17, 15) is 25.8 Å². The van der Waals surface area contributed by atoms with Crippen molar-refractivity contribution in [3.8, 4) is 5.75 Å². The van der Waals surface area contributed by atoms with Gasteiger partial charge < -0.3 is 14.6 Å². The molecule has 4 aromatic rings. The van der Waals surface area contributed by atoms with Gasteiger partial charge in [-0.1, -0.05) is 42.0 Å². The molecular weight excluding hydrogens is 589 g/mol. The lowest BCUT2D eigenvalue weighted by Crippen LogP contribution is -2.08. The van der Waals surface area contributed by atoms with Gasteiger partial charge in [-0.25, -0.2) is 21.2 Å². The third-order valence-corrected chi connectivity index (χ3v) is 9.91. The van der Waals surface area contributed by atoms with Crippen molar-refractivity contribution in [3.63, 3.8) is 0 Å². The number of methoxy groups -OCH3 is 1. The van der Waals surface area contributed by atoms with Crippen molar-refractivity contribution in [3.05, 3.63) is 118 Å². The van der Waals surface area contributed by atoms with Crippen LogP contribution in [-0.4, -0.2) is 35.0 Å². The second kappa shape index (κ2) is 13.2. The van der Waals surface area contributed by atoms with Crippen LogP contribution < -0.4 is 10.1 Å². The van der Waals surface area contributed by atoms with E-state index in [2.05, 4.69) is 12.2 Å². The number of ether oxygens (including phenoxy) is 1. The molecule has 0 amide bonds. The molecule has 4 aromatic carbocycles. The predicted molar refractivity (Wildman–Crippen MR) is 164 cm³/mol. The van der Waals surface area contributed by atoms with Crippen LogP contribution in [-0.2, 0) is 32.8 Å². The Morgan fingerprint density at radius 3 is 2.12 bits per heavy atom. The number of hydrogen-bond acceptors (Lipinski definition) is 7. The zero-order valence-corrected chi connectivity index (χ0v) is 26.1. The Morgan fingerprint density at radius 2 is 1.51 bits per heavy atom. The molecule has 1 N–H and O–H groups in total. The highest BCUT2D eigenvalue weighted by Gasteiger charge is 2.27. The molecule has 10 heteroatoms. The summed E-state index contributed by atoms with van der Waals surface area (Å²) in [6, 6.07) is 21.2. The molecule has 0 fully saturated rings. The summed E-state index contributed by atoms with van der Waals surface area (Å²) in [4.78, 5) is 0.204. The molecule has 0 radical (unpaired) electrons. The van der Waals surface area contributed by atoms with Gasteiger partial charge in [0.25, 0.3) is 0 Å². The van der Waals surface area contributed by atoms with E-state index in [-0.39, 0.29) is 20.5 Å². The van der Waals surface area contributed by atoms with Crippen LogP contribution in [0.1, 0.15) is 41.2 Å². The maximum atomic E-state index is 13.8. The summed E-state index contributed by atoms with van der Waals surface area (Å²) in [5, 5.41) is 3.37. The number of benzene rings is 4. The first kappa shape index (κ1) is 32.1.